The van der Waals surface area contributed by atoms with Gasteiger partial charge < -0.3 is 20.4 Å². The Labute approximate surface area is 102 Å². The molecular weight excluding hydrogens is 220 g/mol. The molecule has 1 heterocycles. The number of aliphatic hydroxyl groups excluding tert-OH is 2. The van der Waals surface area contributed by atoms with E-state index < -0.39 is 6.10 Å². The van der Waals surface area contributed by atoms with Gasteiger partial charge >= 0.3 is 0 Å². The predicted molar refractivity (Wildman–Crippen MR) is 63.5 cm³/mol. The summed E-state index contributed by atoms with van der Waals surface area (Å²) < 4.78 is 0. The minimum Gasteiger partial charge on any atom is -0.395 e. The fourth-order valence-electron chi connectivity index (χ4n) is 2.90. The lowest BCUT2D eigenvalue weighted by molar-refractivity contribution is -0.136. The largest absolute Gasteiger partial charge is 0.395 e. The van der Waals surface area contributed by atoms with Gasteiger partial charge in [0.2, 0.25) is 5.91 Å². The van der Waals surface area contributed by atoms with E-state index in [1.54, 1.807) is 0 Å². The maximum absolute atomic E-state index is 12.3. The van der Waals surface area contributed by atoms with Crippen LogP contribution in [0.2, 0.25) is 0 Å². The highest BCUT2D eigenvalue weighted by molar-refractivity contribution is 5.82. The molecule has 2 unspecified atom stereocenters. The number of β-amino-alcohol motifs (C(OH)–C–C–N with tert-alkyl or cyclic N) is 1. The standard InChI is InChI=1S/C12H22N2O3/c15-6-5-14(9-3-1-2-4-9)12(17)11-7-10(16)8-13-11/h9-11,13,15-16H,1-8H2. The smallest absolute Gasteiger partial charge is 0.240 e. The molecule has 5 nitrogen and oxygen atoms in total. The summed E-state index contributed by atoms with van der Waals surface area (Å²) >= 11 is 0. The number of nitrogens with one attached hydrogen (secondary N) is 1. The van der Waals surface area contributed by atoms with Gasteiger partial charge in [-0.15, -0.1) is 0 Å². The van der Waals surface area contributed by atoms with Crippen LogP contribution in [-0.4, -0.2) is 58.9 Å². The van der Waals surface area contributed by atoms with E-state index in [2.05, 4.69) is 5.32 Å². The van der Waals surface area contributed by atoms with Crippen molar-refractivity contribution in [1.29, 1.82) is 0 Å². The van der Waals surface area contributed by atoms with Crippen LogP contribution in [0.1, 0.15) is 32.1 Å². The Bertz CT molecular complexity index is 266. The molecule has 0 aromatic heterocycles. The molecule has 5 heteroatoms. The van der Waals surface area contributed by atoms with Gasteiger partial charge in [0.05, 0.1) is 18.8 Å². The number of nitrogens with zero attached hydrogens (tertiary/aromatic N) is 1. The first-order valence-corrected chi connectivity index (χ1v) is 6.55. The van der Waals surface area contributed by atoms with Crippen molar-refractivity contribution in [2.45, 2.75) is 50.3 Å². The molecule has 2 fully saturated rings. The molecule has 17 heavy (non-hydrogen) atoms. The van der Waals surface area contributed by atoms with Crippen LogP contribution in [0.5, 0.6) is 0 Å². The van der Waals surface area contributed by atoms with Gasteiger partial charge in [0, 0.05) is 19.1 Å². The van der Waals surface area contributed by atoms with Crippen molar-refractivity contribution in [3.05, 3.63) is 0 Å². The monoisotopic (exact) mass is 242 g/mol. The third kappa shape index (κ3) is 2.97. The highest BCUT2D eigenvalue weighted by Gasteiger charge is 2.34. The third-order valence-corrected chi connectivity index (χ3v) is 3.80. The highest BCUT2D eigenvalue weighted by atomic mass is 16.3. The van der Waals surface area contributed by atoms with Gasteiger partial charge in [0.15, 0.2) is 0 Å². The van der Waals surface area contributed by atoms with E-state index in [1.165, 1.54) is 12.8 Å². The maximum Gasteiger partial charge on any atom is 0.240 e. The molecule has 0 radical (unpaired) electrons. The Morgan fingerprint density at radius 3 is 2.59 bits per heavy atom. The average molecular weight is 242 g/mol. The average Bonchev–Trinajstić information content (AvgIpc) is 2.95. The lowest BCUT2D eigenvalue weighted by Gasteiger charge is -2.30. The van der Waals surface area contributed by atoms with E-state index >= 15 is 0 Å². The van der Waals surface area contributed by atoms with Gasteiger partial charge in [-0.05, 0) is 19.3 Å². The Hall–Kier alpha value is -0.650. The lowest BCUT2D eigenvalue weighted by atomic mass is 10.1. The van der Waals surface area contributed by atoms with Crippen LogP contribution in [0, 0.1) is 0 Å². The molecule has 2 atom stereocenters. The van der Waals surface area contributed by atoms with Crippen LogP contribution in [0.15, 0.2) is 0 Å². The number of hydrogen-bond donors (Lipinski definition) is 3. The molecule has 0 spiro atoms. The lowest BCUT2D eigenvalue weighted by Crippen LogP contribution is -2.48. The minimum atomic E-state index is -0.413. The summed E-state index contributed by atoms with van der Waals surface area (Å²) in [5, 5.41) is 21.6. The van der Waals surface area contributed by atoms with E-state index in [0.717, 1.165) is 12.8 Å². The number of carbonyl (C=O) groups is 1. The normalized spacial score (nSPS) is 29.8. The molecule has 0 aromatic rings. The fraction of sp³-hybridized carbons (Fsp3) is 0.917. The van der Waals surface area contributed by atoms with Crippen LogP contribution < -0.4 is 5.32 Å². The van der Waals surface area contributed by atoms with E-state index in [-0.39, 0.29) is 24.6 Å². The van der Waals surface area contributed by atoms with Gasteiger partial charge in [-0.3, -0.25) is 4.79 Å². The third-order valence-electron chi connectivity index (χ3n) is 3.80. The zero-order valence-corrected chi connectivity index (χ0v) is 10.1. The van der Waals surface area contributed by atoms with Crippen LogP contribution in [0.3, 0.4) is 0 Å². The van der Waals surface area contributed by atoms with Crippen molar-refractivity contribution in [3.8, 4) is 0 Å². The molecule has 1 saturated carbocycles. The Kier molecular flexibility index (Phi) is 4.36. The minimum absolute atomic E-state index is 0.0114. The van der Waals surface area contributed by atoms with Crippen molar-refractivity contribution in [3.63, 3.8) is 0 Å². The molecule has 3 N–H and O–H groups in total. The second-order valence-electron chi connectivity index (χ2n) is 5.04. The van der Waals surface area contributed by atoms with E-state index in [1.807, 2.05) is 4.90 Å². The van der Waals surface area contributed by atoms with Gasteiger partial charge in [-0.2, -0.15) is 0 Å². The second-order valence-corrected chi connectivity index (χ2v) is 5.04. The quantitative estimate of drug-likeness (QED) is 0.620. The second kappa shape index (κ2) is 5.80. The van der Waals surface area contributed by atoms with Gasteiger partial charge in [-0.1, -0.05) is 12.8 Å². The van der Waals surface area contributed by atoms with Crippen molar-refractivity contribution in [1.82, 2.24) is 10.2 Å². The van der Waals surface area contributed by atoms with Gasteiger partial charge in [0.1, 0.15) is 0 Å². The molecule has 98 valence electrons. The first-order valence-electron chi connectivity index (χ1n) is 6.55. The van der Waals surface area contributed by atoms with Crippen LogP contribution >= 0.6 is 0 Å². The Morgan fingerprint density at radius 2 is 2.06 bits per heavy atom. The highest BCUT2D eigenvalue weighted by Crippen LogP contribution is 2.24. The van der Waals surface area contributed by atoms with E-state index in [4.69, 9.17) is 5.11 Å². The summed E-state index contributed by atoms with van der Waals surface area (Å²) in [6.07, 6.45) is 4.50. The summed E-state index contributed by atoms with van der Waals surface area (Å²) in [5.74, 6) is 0.0440. The van der Waals surface area contributed by atoms with E-state index in [9.17, 15) is 9.90 Å². The van der Waals surface area contributed by atoms with Crippen molar-refractivity contribution >= 4 is 5.91 Å². The maximum atomic E-state index is 12.3. The molecule has 0 aromatic carbocycles. The molecule has 0 bridgehead atoms. The fourth-order valence-corrected chi connectivity index (χ4v) is 2.90. The molecule has 1 saturated heterocycles. The topological polar surface area (TPSA) is 72.8 Å². The predicted octanol–water partition coefficient (Wildman–Crippen LogP) is -0.527. The summed E-state index contributed by atoms with van der Waals surface area (Å²) in [7, 11) is 0. The number of aliphatic hydroxyl groups is 2. The van der Waals surface area contributed by atoms with Gasteiger partial charge in [-0.25, -0.2) is 0 Å². The van der Waals surface area contributed by atoms with Crippen molar-refractivity contribution in [2.24, 2.45) is 0 Å². The van der Waals surface area contributed by atoms with Gasteiger partial charge in [0.25, 0.3) is 0 Å². The summed E-state index contributed by atoms with van der Waals surface area (Å²) in [6.45, 7) is 0.920. The Balaban J connectivity index is 1.96. The van der Waals surface area contributed by atoms with Crippen molar-refractivity contribution < 1.29 is 15.0 Å². The van der Waals surface area contributed by atoms with Crippen LogP contribution in [0.25, 0.3) is 0 Å². The SMILES string of the molecule is O=C(C1CC(O)CN1)N(CCO)C1CCCC1. The zero-order chi connectivity index (χ0) is 12.3. The van der Waals surface area contributed by atoms with Crippen molar-refractivity contribution in [2.75, 3.05) is 19.7 Å². The summed E-state index contributed by atoms with van der Waals surface area (Å²) in [4.78, 5) is 14.1. The number of carbonyl (C=O) groups excluding carboxylic acids is 1. The molecule has 1 aliphatic heterocycles. The number of rotatable bonds is 4. The Morgan fingerprint density at radius 1 is 1.35 bits per heavy atom. The van der Waals surface area contributed by atoms with Crippen LogP contribution in [0.4, 0.5) is 0 Å². The first-order chi connectivity index (χ1) is 8.22. The molecular formula is C12H22N2O3. The number of amides is 1. The summed E-state index contributed by atoms with van der Waals surface area (Å²) in [5.41, 5.74) is 0. The van der Waals surface area contributed by atoms with Crippen LogP contribution in [-0.2, 0) is 4.79 Å². The molecule has 2 aliphatic rings. The molecule has 1 amide bonds. The van der Waals surface area contributed by atoms with E-state index in [0.29, 0.717) is 19.5 Å². The first kappa shape index (κ1) is 12.8. The number of hydrogen-bond acceptors (Lipinski definition) is 4. The molecule has 2 rings (SSSR count). The zero-order valence-electron chi connectivity index (χ0n) is 10.1. The summed E-state index contributed by atoms with van der Waals surface area (Å²) in [6, 6.07) is 0.0198. The molecule has 1 aliphatic carbocycles.